The second kappa shape index (κ2) is 8.33. The van der Waals surface area contributed by atoms with E-state index in [1.807, 2.05) is 91.0 Å². The zero-order valence-electron chi connectivity index (χ0n) is 13.7. The summed E-state index contributed by atoms with van der Waals surface area (Å²) in [5, 5.41) is 1.67. The highest BCUT2D eigenvalue weighted by molar-refractivity contribution is 8.08. The molecule has 25 heavy (non-hydrogen) atoms. The minimum absolute atomic E-state index is 0.0678. The Balaban J connectivity index is 1.78. The summed E-state index contributed by atoms with van der Waals surface area (Å²) in [6, 6.07) is 28.4. The second-order valence-corrected chi connectivity index (χ2v) is 9.92. The monoisotopic (exact) mass is 366 g/mol. The van der Waals surface area contributed by atoms with Crippen LogP contribution in [0, 0.1) is 0 Å². The van der Waals surface area contributed by atoms with Crippen LogP contribution in [0.15, 0.2) is 91.0 Å². The lowest BCUT2D eigenvalue weighted by Gasteiger charge is -2.19. The maximum Gasteiger partial charge on any atom is 0.172 e. The largest absolute Gasteiger partial charge is 0.313 e. The van der Waals surface area contributed by atoms with E-state index < -0.39 is 7.14 Å². The molecule has 0 atom stereocenters. The fourth-order valence-corrected chi connectivity index (χ4v) is 7.15. The smallest absolute Gasteiger partial charge is 0.172 e. The van der Waals surface area contributed by atoms with Crippen molar-refractivity contribution in [2.45, 2.75) is 0 Å². The first-order valence-electron chi connectivity index (χ1n) is 8.06. The molecule has 0 aliphatic carbocycles. The summed E-state index contributed by atoms with van der Waals surface area (Å²) in [6.07, 6.45) is 0. The lowest BCUT2D eigenvalue weighted by atomic mass is 10.2. The van der Waals surface area contributed by atoms with Crippen LogP contribution < -0.4 is 10.6 Å². The van der Waals surface area contributed by atoms with E-state index in [2.05, 4.69) is 0 Å². The van der Waals surface area contributed by atoms with E-state index >= 15 is 0 Å². The lowest BCUT2D eigenvalue weighted by Crippen LogP contribution is -2.18. The Labute approximate surface area is 152 Å². The Hall–Kier alpha value is -2.09. The number of hydrogen-bond acceptors (Lipinski definition) is 3. The number of carbonyl (C=O) groups is 1. The van der Waals surface area contributed by atoms with Crippen LogP contribution in [0.1, 0.15) is 10.4 Å². The molecule has 0 aromatic heterocycles. The maximum absolute atomic E-state index is 13.8. The van der Waals surface area contributed by atoms with Crippen molar-refractivity contribution in [2.75, 3.05) is 11.2 Å². The van der Waals surface area contributed by atoms with Gasteiger partial charge >= 0.3 is 0 Å². The minimum Gasteiger partial charge on any atom is -0.313 e. The van der Waals surface area contributed by atoms with Gasteiger partial charge in [-0.1, -0.05) is 91.0 Å². The molecule has 0 aliphatic heterocycles. The summed E-state index contributed by atoms with van der Waals surface area (Å²) in [5.41, 5.74) is 1.11. The molecule has 0 spiro atoms. The molecule has 0 unspecified atom stereocenters. The topological polar surface area (TPSA) is 34.1 Å². The lowest BCUT2D eigenvalue weighted by molar-refractivity contribution is 0.102. The minimum atomic E-state index is -2.76. The fourth-order valence-electron chi connectivity index (χ4n) is 2.61. The zero-order chi connectivity index (χ0) is 17.5. The van der Waals surface area contributed by atoms with Crippen LogP contribution in [0.25, 0.3) is 0 Å². The molecule has 0 aliphatic rings. The molecule has 0 N–H and O–H groups in total. The summed E-state index contributed by atoms with van der Waals surface area (Å²) < 4.78 is 13.8. The highest BCUT2D eigenvalue weighted by Gasteiger charge is 2.27. The number of hydrogen-bond donors (Lipinski definition) is 0. The molecule has 0 saturated heterocycles. The first kappa shape index (κ1) is 17.7. The summed E-state index contributed by atoms with van der Waals surface area (Å²) in [6.45, 7) is 0. The summed E-state index contributed by atoms with van der Waals surface area (Å²) in [4.78, 5) is 12.3. The first-order valence-corrected chi connectivity index (χ1v) is 11.1. The van der Waals surface area contributed by atoms with Gasteiger partial charge in [0.15, 0.2) is 12.9 Å². The van der Waals surface area contributed by atoms with Crippen LogP contribution in [0.5, 0.6) is 0 Å². The Morgan fingerprint density at radius 1 is 0.720 bits per heavy atom. The molecule has 3 aromatic carbocycles. The number of rotatable bonds is 7. The molecule has 0 radical (unpaired) electrons. The highest BCUT2D eigenvalue weighted by atomic mass is 32.2. The average Bonchev–Trinajstić information content (AvgIpc) is 2.70. The summed E-state index contributed by atoms with van der Waals surface area (Å²) >= 11 is 1.44. The van der Waals surface area contributed by atoms with Crippen molar-refractivity contribution in [2.24, 2.45) is 0 Å². The molecule has 126 valence electrons. The molecule has 4 heteroatoms. The summed E-state index contributed by atoms with van der Waals surface area (Å²) in [7, 11) is -2.76. The normalized spacial score (nSPS) is 11.2. The Morgan fingerprint density at radius 2 is 1.16 bits per heavy atom. The van der Waals surface area contributed by atoms with Crippen molar-refractivity contribution in [3.63, 3.8) is 0 Å². The van der Waals surface area contributed by atoms with Crippen LogP contribution >= 0.6 is 18.9 Å². The van der Waals surface area contributed by atoms with E-state index in [4.69, 9.17) is 0 Å². The van der Waals surface area contributed by atoms with Crippen LogP contribution in [0.3, 0.4) is 0 Å². The molecule has 0 heterocycles. The van der Waals surface area contributed by atoms with Gasteiger partial charge in [-0.25, -0.2) is 0 Å². The quantitative estimate of drug-likeness (QED) is 0.454. The number of ketones is 1. The van der Waals surface area contributed by atoms with Gasteiger partial charge in [0.2, 0.25) is 0 Å². The molecule has 0 saturated carbocycles. The van der Waals surface area contributed by atoms with Crippen molar-refractivity contribution >= 4 is 35.3 Å². The number of benzene rings is 3. The Bertz CT molecular complexity index is 821. The van der Waals surface area contributed by atoms with Crippen LogP contribution in [-0.2, 0) is 4.57 Å². The molecular weight excluding hydrogens is 347 g/mol. The SMILES string of the molecule is O=C(CSCP(=O)(c1ccccc1)c1ccccc1)c1ccccc1. The zero-order valence-corrected chi connectivity index (χ0v) is 15.5. The van der Waals surface area contributed by atoms with Crippen LogP contribution in [0.2, 0.25) is 0 Å². The predicted molar refractivity (Wildman–Crippen MR) is 108 cm³/mol. The van der Waals surface area contributed by atoms with E-state index in [0.717, 1.165) is 10.6 Å². The van der Waals surface area contributed by atoms with Gasteiger partial charge in [0.1, 0.15) is 0 Å². The van der Waals surface area contributed by atoms with Gasteiger partial charge in [-0.2, -0.15) is 0 Å². The Kier molecular flexibility index (Phi) is 5.91. The Morgan fingerprint density at radius 3 is 1.64 bits per heavy atom. The number of Topliss-reactive ketones (excluding diaryl/α,β-unsaturated/α-hetero) is 1. The number of carbonyl (C=O) groups excluding carboxylic acids is 1. The molecule has 0 amide bonds. The third-order valence-electron chi connectivity index (χ3n) is 3.95. The first-order chi connectivity index (χ1) is 12.2. The van der Waals surface area contributed by atoms with E-state index in [1.165, 1.54) is 11.8 Å². The molecule has 0 bridgehead atoms. The van der Waals surface area contributed by atoms with Crippen LogP contribution in [0.4, 0.5) is 0 Å². The van der Waals surface area contributed by atoms with E-state index in [-0.39, 0.29) is 5.78 Å². The summed E-state index contributed by atoms with van der Waals surface area (Å²) in [5.74, 6) is 0.395. The molecular formula is C21H19O2PS. The molecule has 2 nitrogen and oxygen atoms in total. The number of thioether (sulfide) groups is 1. The van der Waals surface area contributed by atoms with Crippen molar-refractivity contribution < 1.29 is 9.36 Å². The van der Waals surface area contributed by atoms with E-state index in [9.17, 15) is 9.36 Å². The van der Waals surface area contributed by atoms with Gasteiger partial charge in [-0.05, 0) is 0 Å². The third kappa shape index (κ3) is 4.31. The van der Waals surface area contributed by atoms with Gasteiger partial charge in [0, 0.05) is 16.2 Å². The van der Waals surface area contributed by atoms with Gasteiger partial charge in [0.05, 0.1) is 11.2 Å². The van der Waals surface area contributed by atoms with Gasteiger partial charge in [-0.15, -0.1) is 11.8 Å². The maximum atomic E-state index is 13.8. The van der Waals surface area contributed by atoms with Crippen molar-refractivity contribution in [1.82, 2.24) is 0 Å². The average molecular weight is 366 g/mol. The van der Waals surface area contributed by atoms with Gasteiger partial charge in [-0.3, -0.25) is 4.79 Å². The van der Waals surface area contributed by atoms with Gasteiger partial charge in [0.25, 0.3) is 0 Å². The highest BCUT2D eigenvalue weighted by Crippen LogP contribution is 2.46. The second-order valence-electron chi connectivity index (χ2n) is 5.68. The van der Waals surface area contributed by atoms with Crippen molar-refractivity contribution in [1.29, 1.82) is 0 Å². The standard InChI is InChI=1S/C21H19O2PS/c22-21(18-10-4-1-5-11-18)16-25-17-24(23,19-12-6-2-7-13-19)20-14-8-3-9-15-20/h1-15H,16-17H2. The third-order valence-corrected chi connectivity index (χ3v) is 8.86. The van der Waals surface area contributed by atoms with Gasteiger partial charge < -0.3 is 4.57 Å². The van der Waals surface area contributed by atoms with Crippen molar-refractivity contribution in [3.05, 3.63) is 96.6 Å². The molecule has 3 rings (SSSR count). The predicted octanol–water partition coefficient (Wildman–Crippen LogP) is 4.57. The molecule has 0 fully saturated rings. The molecule has 3 aromatic rings. The van der Waals surface area contributed by atoms with Crippen molar-refractivity contribution in [3.8, 4) is 0 Å². The van der Waals surface area contributed by atoms with Crippen LogP contribution in [-0.4, -0.2) is 17.0 Å². The van der Waals surface area contributed by atoms with E-state index in [1.54, 1.807) is 0 Å². The van der Waals surface area contributed by atoms with E-state index in [0.29, 0.717) is 16.8 Å². The fraction of sp³-hybridized carbons (Fsp3) is 0.0952.